The Bertz CT molecular complexity index is 1150. The smallest absolute Gasteiger partial charge is 0.234 e. The van der Waals surface area contributed by atoms with Gasteiger partial charge >= 0.3 is 0 Å². The molecule has 4 aromatic rings. The number of methoxy groups -OCH3 is 1. The van der Waals surface area contributed by atoms with Gasteiger partial charge < -0.3 is 14.6 Å². The van der Waals surface area contributed by atoms with E-state index in [2.05, 4.69) is 37.2 Å². The molecular formula is C24H23N5O2S. The van der Waals surface area contributed by atoms with Crippen LogP contribution in [0.1, 0.15) is 5.56 Å². The molecule has 0 unspecified atom stereocenters. The lowest BCUT2D eigenvalue weighted by molar-refractivity contribution is -0.113. The highest BCUT2D eigenvalue weighted by molar-refractivity contribution is 7.99. The van der Waals surface area contributed by atoms with Gasteiger partial charge in [-0.2, -0.15) is 0 Å². The second kappa shape index (κ2) is 10.6. The van der Waals surface area contributed by atoms with E-state index >= 15 is 0 Å². The number of nitrogens with zero attached hydrogens (tertiary/aromatic N) is 4. The minimum atomic E-state index is -0.119. The van der Waals surface area contributed by atoms with Crippen LogP contribution < -0.4 is 10.1 Å². The summed E-state index contributed by atoms with van der Waals surface area (Å²) in [5.74, 6) is 1.65. The summed E-state index contributed by atoms with van der Waals surface area (Å²) in [4.78, 5) is 16.4. The van der Waals surface area contributed by atoms with Crippen molar-refractivity contribution in [3.8, 4) is 17.1 Å². The van der Waals surface area contributed by atoms with Gasteiger partial charge in [0.1, 0.15) is 5.75 Å². The van der Waals surface area contributed by atoms with Crippen molar-refractivity contribution in [3.63, 3.8) is 0 Å². The highest BCUT2D eigenvalue weighted by Gasteiger charge is 2.16. The summed E-state index contributed by atoms with van der Waals surface area (Å²) in [5.41, 5.74) is 2.84. The van der Waals surface area contributed by atoms with E-state index in [1.807, 2.05) is 42.5 Å². The fraction of sp³-hybridized carbons (Fsp3) is 0.167. The maximum Gasteiger partial charge on any atom is 0.234 e. The van der Waals surface area contributed by atoms with Gasteiger partial charge in [-0.1, -0.05) is 42.1 Å². The first-order chi connectivity index (χ1) is 15.7. The Balaban J connectivity index is 1.52. The Morgan fingerprint density at radius 1 is 1.03 bits per heavy atom. The number of pyridine rings is 1. The van der Waals surface area contributed by atoms with Crippen molar-refractivity contribution in [2.24, 2.45) is 0 Å². The van der Waals surface area contributed by atoms with Crippen molar-refractivity contribution in [3.05, 3.63) is 84.7 Å². The molecule has 8 heteroatoms. The molecule has 7 nitrogen and oxygen atoms in total. The van der Waals surface area contributed by atoms with Gasteiger partial charge in [0.05, 0.1) is 24.7 Å². The normalized spacial score (nSPS) is 10.7. The van der Waals surface area contributed by atoms with Crippen LogP contribution in [0.5, 0.6) is 5.75 Å². The van der Waals surface area contributed by atoms with Gasteiger partial charge in [-0.3, -0.25) is 9.78 Å². The number of benzene rings is 2. The topological polar surface area (TPSA) is 81.9 Å². The highest BCUT2D eigenvalue weighted by atomic mass is 32.2. The van der Waals surface area contributed by atoms with E-state index in [0.717, 1.165) is 23.6 Å². The summed E-state index contributed by atoms with van der Waals surface area (Å²) >= 11 is 1.36. The average Bonchev–Trinajstić information content (AvgIpc) is 3.25. The van der Waals surface area contributed by atoms with Crippen LogP contribution in [0.3, 0.4) is 0 Å². The maximum atomic E-state index is 12.4. The molecule has 2 aromatic heterocycles. The zero-order valence-electron chi connectivity index (χ0n) is 17.6. The molecule has 0 atom stereocenters. The third-order valence-electron chi connectivity index (χ3n) is 4.81. The number of thioether (sulfide) groups is 1. The summed E-state index contributed by atoms with van der Waals surface area (Å²) in [6, 6.07) is 21.6. The summed E-state index contributed by atoms with van der Waals surface area (Å²) in [7, 11) is 1.64. The first-order valence-corrected chi connectivity index (χ1v) is 11.2. The van der Waals surface area contributed by atoms with E-state index in [1.165, 1.54) is 17.3 Å². The van der Waals surface area contributed by atoms with Crippen molar-refractivity contribution in [1.82, 2.24) is 19.7 Å². The molecule has 0 spiro atoms. The van der Waals surface area contributed by atoms with Crippen molar-refractivity contribution in [1.29, 1.82) is 0 Å². The van der Waals surface area contributed by atoms with Gasteiger partial charge in [0.25, 0.3) is 0 Å². The van der Waals surface area contributed by atoms with Crippen molar-refractivity contribution in [2.75, 3.05) is 18.2 Å². The Morgan fingerprint density at radius 2 is 1.84 bits per heavy atom. The molecular weight excluding hydrogens is 422 g/mol. The molecule has 1 amide bonds. The summed E-state index contributed by atoms with van der Waals surface area (Å²) in [5, 5.41) is 12.4. The molecule has 2 aromatic carbocycles. The standard InChI is InChI=1S/C24H23N5O2S/c1-31-21-11-9-19(10-12-21)23-27-28-24(29(23)15-13-18-6-3-2-4-7-18)32-17-22(30)26-20-8-5-14-25-16-20/h2-12,14,16H,13,15,17H2,1H3,(H,26,30). The molecule has 0 saturated carbocycles. The van der Waals surface area contributed by atoms with Crippen LogP contribution in [0, 0.1) is 0 Å². The molecule has 0 aliphatic carbocycles. The van der Waals surface area contributed by atoms with E-state index in [0.29, 0.717) is 17.4 Å². The summed E-state index contributed by atoms with van der Waals surface area (Å²) in [6.45, 7) is 0.699. The number of aryl methyl sites for hydroxylation is 1. The highest BCUT2D eigenvalue weighted by Crippen LogP contribution is 2.26. The quantitative estimate of drug-likeness (QED) is 0.386. The van der Waals surface area contributed by atoms with E-state index in [4.69, 9.17) is 4.74 Å². The molecule has 0 aliphatic heterocycles. The number of rotatable bonds is 9. The monoisotopic (exact) mass is 445 g/mol. The lowest BCUT2D eigenvalue weighted by Crippen LogP contribution is -2.15. The van der Waals surface area contributed by atoms with Crippen LogP contribution in [0.4, 0.5) is 5.69 Å². The Hall–Kier alpha value is -3.65. The van der Waals surface area contributed by atoms with Crippen LogP contribution in [0.2, 0.25) is 0 Å². The van der Waals surface area contributed by atoms with Crippen LogP contribution in [0.15, 0.2) is 84.3 Å². The second-order valence-corrected chi connectivity index (χ2v) is 7.94. The number of anilines is 1. The lowest BCUT2D eigenvalue weighted by Gasteiger charge is -2.11. The number of hydrogen-bond acceptors (Lipinski definition) is 6. The minimum absolute atomic E-state index is 0.119. The molecule has 0 saturated heterocycles. The van der Waals surface area contributed by atoms with Crippen molar-refractivity contribution >= 4 is 23.4 Å². The molecule has 1 N–H and O–H groups in total. The Morgan fingerprint density at radius 3 is 2.56 bits per heavy atom. The largest absolute Gasteiger partial charge is 0.497 e. The van der Waals surface area contributed by atoms with Crippen LogP contribution in [-0.2, 0) is 17.8 Å². The first kappa shape index (κ1) is 21.6. The van der Waals surface area contributed by atoms with E-state index in [-0.39, 0.29) is 11.7 Å². The van der Waals surface area contributed by atoms with Gasteiger partial charge in [0, 0.05) is 18.3 Å². The number of carbonyl (C=O) groups is 1. The Kier molecular flexibility index (Phi) is 7.14. The molecule has 0 fully saturated rings. The van der Waals surface area contributed by atoms with Gasteiger partial charge in [0.15, 0.2) is 11.0 Å². The Labute approximate surface area is 190 Å². The molecule has 0 bridgehead atoms. The fourth-order valence-electron chi connectivity index (χ4n) is 3.20. The van der Waals surface area contributed by atoms with E-state index in [9.17, 15) is 4.79 Å². The van der Waals surface area contributed by atoms with E-state index in [1.54, 1.807) is 31.6 Å². The maximum absolute atomic E-state index is 12.4. The summed E-state index contributed by atoms with van der Waals surface area (Å²) < 4.78 is 7.33. The van der Waals surface area contributed by atoms with E-state index < -0.39 is 0 Å². The third-order valence-corrected chi connectivity index (χ3v) is 5.78. The number of hydrogen-bond donors (Lipinski definition) is 1. The number of amides is 1. The number of aromatic nitrogens is 4. The zero-order valence-corrected chi connectivity index (χ0v) is 18.5. The van der Waals surface area contributed by atoms with Crippen LogP contribution in [0.25, 0.3) is 11.4 Å². The molecule has 0 aliphatic rings. The lowest BCUT2D eigenvalue weighted by atomic mass is 10.1. The van der Waals surface area contributed by atoms with Gasteiger partial charge in [0.2, 0.25) is 5.91 Å². The van der Waals surface area contributed by atoms with Crippen LogP contribution in [-0.4, -0.2) is 38.5 Å². The van der Waals surface area contributed by atoms with Crippen molar-refractivity contribution in [2.45, 2.75) is 18.1 Å². The predicted molar refractivity (Wildman–Crippen MR) is 126 cm³/mol. The van der Waals surface area contributed by atoms with Gasteiger partial charge in [-0.15, -0.1) is 10.2 Å². The number of ether oxygens (including phenoxy) is 1. The van der Waals surface area contributed by atoms with Gasteiger partial charge in [-0.25, -0.2) is 0 Å². The zero-order chi connectivity index (χ0) is 22.2. The summed E-state index contributed by atoms with van der Waals surface area (Å²) in [6.07, 6.45) is 4.12. The minimum Gasteiger partial charge on any atom is -0.497 e. The number of carbonyl (C=O) groups excluding carboxylic acids is 1. The second-order valence-electron chi connectivity index (χ2n) is 7.00. The molecule has 2 heterocycles. The molecule has 32 heavy (non-hydrogen) atoms. The predicted octanol–water partition coefficient (Wildman–Crippen LogP) is 4.32. The average molecular weight is 446 g/mol. The number of nitrogens with one attached hydrogen (secondary N) is 1. The molecule has 162 valence electrons. The fourth-order valence-corrected chi connectivity index (χ4v) is 3.96. The molecule has 4 rings (SSSR count). The van der Waals surface area contributed by atoms with Gasteiger partial charge in [-0.05, 0) is 48.4 Å². The third kappa shape index (κ3) is 5.53. The van der Waals surface area contributed by atoms with Crippen LogP contribution >= 0.6 is 11.8 Å². The first-order valence-electron chi connectivity index (χ1n) is 10.2. The molecule has 0 radical (unpaired) electrons. The van der Waals surface area contributed by atoms with Crippen molar-refractivity contribution < 1.29 is 9.53 Å². The SMILES string of the molecule is COc1ccc(-c2nnc(SCC(=O)Nc3cccnc3)n2CCc2ccccc2)cc1.